The highest BCUT2D eigenvalue weighted by atomic mass is 16.5. The number of benzene rings is 1. The number of methoxy groups -OCH3 is 1. The van der Waals surface area contributed by atoms with Crippen LogP contribution >= 0.6 is 0 Å². The van der Waals surface area contributed by atoms with Gasteiger partial charge in [-0.05, 0) is 25.7 Å². The maximum atomic E-state index is 12.7. The number of rotatable bonds is 5. The molecule has 0 N–H and O–H groups in total. The van der Waals surface area contributed by atoms with E-state index in [2.05, 4.69) is 0 Å². The van der Waals surface area contributed by atoms with E-state index in [-0.39, 0.29) is 11.6 Å². The monoisotopic (exact) mass is 272 g/mol. The second-order valence-electron chi connectivity index (χ2n) is 5.68. The van der Waals surface area contributed by atoms with E-state index >= 15 is 0 Å². The predicted molar refractivity (Wildman–Crippen MR) is 71.1 cm³/mol. The van der Waals surface area contributed by atoms with E-state index in [4.69, 9.17) is 4.74 Å². The standard InChI is InChI=1S/C16H16O4/c1-20-14(19)16(9-10-16)13(18)15(7-8-15)12(17)11-5-3-2-4-6-11/h2-6H,7-10H2,1H3. The molecular weight excluding hydrogens is 256 g/mol. The number of ketones is 2. The molecular formula is C16H16O4. The lowest BCUT2D eigenvalue weighted by molar-refractivity contribution is -0.152. The fraction of sp³-hybridized carbons (Fsp3) is 0.438. The Hall–Kier alpha value is -1.97. The molecule has 0 heterocycles. The van der Waals surface area contributed by atoms with Crippen molar-refractivity contribution in [2.75, 3.05) is 7.11 Å². The summed E-state index contributed by atoms with van der Waals surface area (Å²) in [6, 6.07) is 8.82. The molecule has 2 fully saturated rings. The largest absolute Gasteiger partial charge is 0.468 e. The third-order valence-corrected chi connectivity index (χ3v) is 4.42. The van der Waals surface area contributed by atoms with Gasteiger partial charge in [0.05, 0.1) is 12.5 Å². The van der Waals surface area contributed by atoms with Crippen molar-refractivity contribution in [2.45, 2.75) is 25.7 Å². The molecule has 1 aromatic rings. The maximum absolute atomic E-state index is 12.7. The minimum Gasteiger partial charge on any atom is -0.468 e. The van der Waals surface area contributed by atoms with E-state index in [0.717, 1.165) is 0 Å². The number of Topliss-reactive ketones (excluding diaryl/α,β-unsaturated/α-hetero) is 2. The Labute approximate surface area is 117 Å². The highest BCUT2D eigenvalue weighted by Gasteiger charge is 2.69. The van der Waals surface area contributed by atoms with Crippen molar-refractivity contribution in [3.63, 3.8) is 0 Å². The van der Waals surface area contributed by atoms with Crippen molar-refractivity contribution in [1.29, 1.82) is 0 Å². The highest BCUT2D eigenvalue weighted by molar-refractivity contribution is 6.23. The van der Waals surface area contributed by atoms with Crippen LogP contribution < -0.4 is 0 Å². The first-order chi connectivity index (χ1) is 9.57. The Morgan fingerprint density at radius 1 is 0.950 bits per heavy atom. The SMILES string of the molecule is COC(=O)C1(C(=O)C2(C(=O)c3ccccc3)CC2)CC1. The minimum absolute atomic E-state index is 0.154. The van der Waals surface area contributed by atoms with Gasteiger partial charge in [-0.2, -0.15) is 0 Å². The first kappa shape index (κ1) is 13.0. The number of hydrogen-bond donors (Lipinski definition) is 0. The predicted octanol–water partition coefficient (Wildman–Crippen LogP) is 2.17. The molecule has 1 aromatic carbocycles. The van der Waals surface area contributed by atoms with Gasteiger partial charge in [0.1, 0.15) is 5.41 Å². The summed E-state index contributed by atoms with van der Waals surface area (Å²) in [5.74, 6) is -0.876. The first-order valence-corrected chi connectivity index (χ1v) is 6.80. The third kappa shape index (κ3) is 1.71. The lowest BCUT2D eigenvalue weighted by Gasteiger charge is -2.18. The van der Waals surface area contributed by atoms with Crippen LogP contribution in [-0.2, 0) is 14.3 Å². The molecule has 3 rings (SSSR count). The molecule has 0 aliphatic heterocycles. The summed E-state index contributed by atoms with van der Waals surface area (Å²) in [7, 11) is 1.29. The number of hydrogen-bond acceptors (Lipinski definition) is 4. The van der Waals surface area contributed by atoms with Crippen LogP contribution in [0.2, 0.25) is 0 Å². The van der Waals surface area contributed by atoms with Gasteiger partial charge in [0, 0.05) is 5.56 Å². The topological polar surface area (TPSA) is 60.4 Å². The van der Waals surface area contributed by atoms with Crippen LogP contribution in [0.1, 0.15) is 36.0 Å². The molecule has 0 unspecified atom stereocenters. The van der Waals surface area contributed by atoms with Crippen molar-refractivity contribution in [2.24, 2.45) is 10.8 Å². The molecule has 2 aliphatic rings. The molecule has 2 aliphatic carbocycles. The first-order valence-electron chi connectivity index (χ1n) is 6.80. The fourth-order valence-electron chi connectivity index (χ4n) is 2.85. The van der Waals surface area contributed by atoms with Gasteiger partial charge < -0.3 is 4.74 Å². The fourth-order valence-corrected chi connectivity index (χ4v) is 2.85. The van der Waals surface area contributed by atoms with Crippen LogP contribution in [0.4, 0.5) is 0 Å². The van der Waals surface area contributed by atoms with Crippen molar-refractivity contribution < 1.29 is 19.1 Å². The minimum atomic E-state index is -1.05. The summed E-state index contributed by atoms with van der Waals surface area (Å²) in [6.07, 6.45) is 2.08. The van der Waals surface area contributed by atoms with Gasteiger partial charge in [-0.3, -0.25) is 14.4 Å². The maximum Gasteiger partial charge on any atom is 0.319 e. The molecule has 104 valence electrons. The zero-order chi connectivity index (χ0) is 14.4. The summed E-state index contributed by atoms with van der Waals surface area (Å²) in [5.41, 5.74) is -1.49. The number of ether oxygens (including phenoxy) is 1. The van der Waals surface area contributed by atoms with Crippen LogP contribution in [0, 0.1) is 10.8 Å². The molecule has 0 aromatic heterocycles. The summed E-state index contributed by atoms with van der Waals surface area (Å²) in [5, 5.41) is 0. The Morgan fingerprint density at radius 3 is 1.95 bits per heavy atom. The Bertz CT molecular complexity index is 580. The summed E-state index contributed by atoms with van der Waals surface area (Å²) in [4.78, 5) is 37.1. The second kappa shape index (κ2) is 4.27. The molecule has 4 heteroatoms. The van der Waals surface area contributed by atoms with E-state index in [1.807, 2.05) is 6.07 Å². The molecule has 0 atom stereocenters. The average molecular weight is 272 g/mol. The van der Waals surface area contributed by atoms with Crippen molar-refractivity contribution >= 4 is 17.5 Å². The normalized spacial score (nSPS) is 20.9. The number of carbonyl (C=O) groups excluding carboxylic acids is 3. The van der Waals surface area contributed by atoms with Crippen LogP contribution in [0.25, 0.3) is 0 Å². The van der Waals surface area contributed by atoms with Gasteiger partial charge in [-0.25, -0.2) is 0 Å². The quantitative estimate of drug-likeness (QED) is 0.468. The van der Waals surface area contributed by atoms with Crippen molar-refractivity contribution in [1.82, 2.24) is 0 Å². The van der Waals surface area contributed by atoms with Gasteiger partial charge in [0.25, 0.3) is 0 Å². The molecule has 0 spiro atoms. The van der Waals surface area contributed by atoms with Gasteiger partial charge in [0.15, 0.2) is 11.6 Å². The Kier molecular flexibility index (Phi) is 2.78. The van der Waals surface area contributed by atoms with E-state index < -0.39 is 16.8 Å². The van der Waals surface area contributed by atoms with Gasteiger partial charge in [0.2, 0.25) is 0 Å². The van der Waals surface area contributed by atoms with Gasteiger partial charge >= 0.3 is 5.97 Å². The molecule has 2 saturated carbocycles. The molecule has 0 amide bonds. The van der Waals surface area contributed by atoms with Crippen molar-refractivity contribution in [3.05, 3.63) is 35.9 Å². The summed E-state index contributed by atoms with van der Waals surface area (Å²) < 4.78 is 4.74. The van der Waals surface area contributed by atoms with E-state index in [9.17, 15) is 14.4 Å². The van der Waals surface area contributed by atoms with Crippen LogP contribution in [-0.4, -0.2) is 24.6 Å². The lowest BCUT2D eigenvalue weighted by atomic mass is 9.82. The van der Waals surface area contributed by atoms with Crippen molar-refractivity contribution in [3.8, 4) is 0 Å². The third-order valence-electron chi connectivity index (χ3n) is 4.42. The highest BCUT2D eigenvalue weighted by Crippen LogP contribution is 2.60. The second-order valence-corrected chi connectivity index (χ2v) is 5.68. The zero-order valence-electron chi connectivity index (χ0n) is 11.3. The van der Waals surface area contributed by atoms with Gasteiger partial charge in [-0.15, -0.1) is 0 Å². The smallest absolute Gasteiger partial charge is 0.319 e. The summed E-state index contributed by atoms with van der Waals surface area (Å²) in [6.45, 7) is 0. The van der Waals surface area contributed by atoms with Crippen LogP contribution in [0.15, 0.2) is 30.3 Å². The lowest BCUT2D eigenvalue weighted by Crippen LogP contribution is -2.37. The average Bonchev–Trinajstić information content (AvgIpc) is 3.40. The molecule has 4 nitrogen and oxygen atoms in total. The summed E-state index contributed by atoms with van der Waals surface area (Å²) >= 11 is 0. The molecule has 20 heavy (non-hydrogen) atoms. The molecule has 0 bridgehead atoms. The molecule has 0 radical (unpaired) electrons. The number of carbonyl (C=O) groups is 3. The van der Waals surface area contributed by atoms with Gasteiger partial charge in [-0.1, -0.05) is 30.3 Å². The van der Waals surface area contributed by atoms with E-state index in [1.165, 1.54) is 7.11 Å². The Balaban J connectivity index is 1.89. The Morgan fingerprint density at radius 2 is 1.50 bits per heavy atom. The number of esters is 1. The zero-order valence-corrected chi connectivity index (χ0v) is 11.3. The van der Waals surface area contributed by atoms with E-state index in [0.29, 0.717) is 31.2 Å². The molecule has 0 saturated heterocycles. The van der Waals surface area contributed by atoms with Crippen LogP contribution in [0.3, 0.4) is 0 Å². The van der Waals surface area contributed by atoms with Crippen LogP contribution in [0.5, 0.6) is 0 Å². The van der Waals surface area contributed by atoms with E-state index in [1.54, 1.807) is 24.3 Å².